The SMILES string of the molecule is CCS(=O)(=O)c1cc(NC(C(=O)c2c[nH]c3cc(OC)c(C)cc23)c2ccc(Cl)cc2OC)cc(OC)c1. The van der Waals surface area contributed by atoms with E-state index >= 15 is 0 Å². The van der Waals surface area contributed by atoms with Crippen LogP contribution in [-0.4, -0.2) is 46.3 Å². The Morgan fingerprint density at radius 1 is 1.00 bits per heavy atom. The normalized spacial score (nSPS) is 12.3. The van der Waals surface area contributed by atoms with Crippen molar-refractivity contribution >= 4 is 43.8 Å². The smallest absolute Gasteiger partial charge is 0.191 e. The number of nitrogens with one attached hydrogen (secondary N) is 2. The Morgan fingerprint density at radius 2 is 1.74 bits per heavy atom. The second kappa shape index (κ2) is 11.0. The van der Waals surface area contributed by atoms with E-state index in [0.29, 0.717) is 39.1 Å². The van der Waals surface area contributed by atoms with Crippen LogP contribution in [0.25, 0.3) is 10.9 Å². The second-order valence-electron chi connectivity index (χ2n) is 8.70. The van der Waals surface area contributed by atoms with Gasteiger partial charge in [-0.25, -0.2) is 8.42 Å². The van der Waals surface area contributed by atoms with Gasteiger partial charge in [0.05, 0.1) is 32.0 Å². The molecule has 1 aromatic heterocycles. The lowest BCUT2D eigenvalue weighted by Crippen LogP contribution is -2.22. The lowest BCUT2D eigenvalue weighted by molar-refractivity contribution is 0.0970. The summed E-state index contributed by atoms with van der Waals surface area (Å²) in [5.74, 6) is 1.11. The number of Topliss-reactive ketones (excluding diaryl/α,β-unsaturated/α-hetero) is 1. The van der Waals surface area contributed by atoms with E-state index < -0.39 is 15.9 Å². The largest absolute Gasteiger partial charge is 0.497 e. The van der Waals surface area contributed by atoms with Crippen LogP contribution >= 0.6 is 11.6 Å². The number of rotatable bonds is 10. The number of carbonyl (C=O) groups excluding carboxylic acids is 1. The number of aromatic nitrogens is 1. The molecule has 8 nitrogen and oxygen atoms in total. The van der Waals surface area contributed by atoms with Crippen molar-refractivity contribution in [3.05, 3.63) is 76.4 Å². The van der Waals surface area contributed by atoms with Crippen molar-refractivity contribution in [2.45, 2.75) is 24.8 Å². The molecule has 1 heterocycles. The summed E-state index contributed by atoms with van der Waals surface area (Å²) >= 11 is 6.20. The van der Waals surface area contributed by atoms with Gasteiger partial charge in [0, 0.05) is 51.1 Å². The molecule has 10 heteroatoms. The minimum Gasteiger partial charge on any atom is -0.497 e. The third-order valence-corrected chi connectivity index (χ3v) is 8.35. The summed E-state index contributed by atoms with van der Waals surface area (Å²) in [6, 6.07) is 12.4. The predicted octanol–water partition coefficient (Wildman–Crippen LogP) is 5.99. The van der Waals surface area contributed by atoms with Crippen LogP contribution in [0.2, 0.25) is 5.02 Å². The molecule has 3 aromatic carbocycles. The molecule has 0 bridgehead atoms. The van der Waals surface area contributed by atoms with Gasteiger partial charge in [-0.05, 0) is 42.8 Å². The fraction of sp³-hybridized carbons (Fsp3) is 0.250. The number of benzene rings is 3. The Bertz CT molecular complexity index is 1610. The molecule has 0 fully saturated rings. The molecule has 38 heavy (non-hydrogen) atoms. The number of fused-ring (bicyclic) bond motifs is 1. The average Bonchev–Trinajstić information content (AvgIpc) is 3.33. The zero-order valence-corrected chi connectivity index (χ0v) is 23.3. The molecule has 0 saturated carbocycles. The fourth-order valence-electron chi connectivity index (χ4n) is 4.33. The van der Waals surface area contributed by atoms with Crippen LogP contribution in [0.15, 0.2) is 59.6 Å². The van der Waals surface area contributed by atoms with E-state index in [-0.39, 0.29) is 16.4 Å². The molecular weight excluding hydrogens is 528 g/mol. The average molecular weight is 557 g/mol. The molecule has 4 rings (SSSR count). The van der Waals surface area contributed by atoms with Crippen LogP contribution in [-0.2, 0) is 9.84 Å². The van der Waals surface area contributed by atoms with Gasteiger partial charge in [-0.15, -0.1) is 0 Å². The molecule has 4 aromatic rings. The van der Waals surface area contributed by atoms with E-state index in [2.05, 4.69) is 10.3 Å². The number of aromatic amines is 1. The van der Waals surface area contributed by atoms with Gasteiger partial charge >= 0.3 is 0 Å². The number of carbonyl (C=O) groups is 1. The summed E-state index contributed by atoms with van der Waals surface area (Å²) in [5, 5.41) is 4.41. The third-order valence-electron chi connectivity index (χ3n) is 6.40. The number of sulfone groups is 1. The van der Waals surface area contributed by atoms with Crippen LogP contribution in [0.4, 0.5) is 5.69 Å². The van der Waals surface area contributed by atoms with E-state index in [1.807, 2.05) is 19.1 Å². The van der Waals surface area contributed by atoms with E-state index in [4.69, 9.17) is 25.8 Å². The summed E-state index contributed by atoms with van der Waals surface area (Å²) in [5.41, 5.74) is 3.00. The molecule has 0 spiro atoms. The standard InChI is InChI=1S/C28H29ClN2O6S/c1-6-38(33,34)20-12-18(11-19(13-20)35-3)31-27(21-8-7-17(29)10-26(21)37-5)28(32)23-15-30-24-14-25(36-4)16(2)9-22(23)24/h7-15,27,30-31H,6H2,1-5H3. The minimum atomic E-state index is -3.54. The van der Waals surface area contributed by atoms with Gasteiger partial charge in [0.25, 0.3) is 0 Å². The highest BCUT2D eigenvalue weighted by atomic mass is 35.5. The Hall–Kier alpha value is -3.69. The zero-order chi connectivity index (χ0) is 27.6. The Labute approximate surface area is 226 Å². The van der Waals surface area contributed by atoms with Crippen LogP contribution in [0.5, 0.6) is 17.2 Å². The molecule has 0 amide bonds. The van der Waals surface area contributed by atoms with E-state index in [1.165, 1.54) is 26.4 Å². The summed E-state index contributed by atoms with van der Waals surface area (Å²) in [7, 11) is 1.00. The Balaban J connectivity index is 1.88. The maximum Gasteiger partial charge on any atom is 0.191 e. The van der Waals surface area contributed by atoms with Crippen molar-refractivity contribution in [1.82, 2.24) is 4.98 Å². The first kappa shape index (κ1) is 27.3. The number of ketones is 1. The molecule has 0 aliphatic carbocycles. The summed E-state index contributed by atoms with van der Waals surface area (Å²) < 4.78 is 41.7. The Morgan fingerprint density at radius 3 is 2.39 bits per heavy atom. The third kappa shape index (κ3) is 5.30. The molecular formula is C28H29ClN2O6S. The van der Waals surface area contributed by atoms with E-state index in [0.717, 1.165) is 16.5 Å². The molecule has 0 radical (unpaired) electrons. The molecule has 1 atom stereocenters. The predicted molar refractivity (Wildman–Crippen MR) is 149 cm³/mol. The van der Waals surface area contributed by atoms with Gasteiger partial charge in [-0.1, -0.05) is 24.6 Å². The number of hydrogen-bond acceptors (Lipinski definition) is 7. The highest BCUT2D eigenvalue weighted by molar-refractivity contribution is 7.91. The maximum absolute atomic E-state index is 14.2. The monoisotopic (exact) mass is 556 g/mol. The molecule has 2 N–H and O–H groups in total. The first-order valence-electron chi connectivity index (χ1n) is 11.8. The lowest BCUT2D eigenvalue weighted by atomic mass is 9.95. The summed E-state index contributed by atoms with van der Waals surface area (Å²) in [4.78, 5) is 17.4. The topological polar surface area (TPSA) is 107 Å². The van der Waals surface area contributed by atoms with Crippen molar-refractivity contribution in [3.8, 4) is 17.2 Å². The van der Waals surface area contributed by atoms with Gasteiger partial charge < -0.3 is 24.5 Å². The van der Waals surface area contributed by atoms with E-state index in [9.17, 15) is 13.2 Å². The zero-order valence-electron chi connectivity index (χ0n) is 21.7. The van der Waals surface area contributed by atoms with Gasteiger partial charge in [0.2, 0.25) is 0 Å². The van der Waals surface area contributed by atoms with Gasteiger partial charge in [-0.2, -0.15) is 0 Å². The number of halogens is 1. The highest BCUT2D eigenvalue weighted by Crippen LogP contribution is 2.36. The fourth-order valence-corrected chi connectivity index (χ4v) is 5.43. The number of anilines is 1. The van der Waals surface area contributed by atoms with Crippen LogP contribution in [0.3, 0.4) is 0 Å². The van der Waals surface area contributed by atoms with Gasteiger partial charge in [0.1, 0.15) is 23.3 Å². The first-order valence-corrected chi connectivity index (χ1v) is 13.9. The number of aryl methyl sites for hydroxylation is 1. The number of hydrogen-bond donors (Lipinski definition) is 2. The number of H-pyrrole nitrogens is 1. The molecule has 0 aliphatic heterocycles. The highest BCUT2D eigenvalue weighted by Gasteiger charge is 2.28. The van der Waals surface area contributed by atoms with Gasteiger partial charge in [-0.3, -0.25) is 4.79 Å². The van der Waals surface area contributed by atoms with E-state index in [1.54, 1.807) is 44.5 Å². The lowest BCUT2D eigenvalue weighted by Gasteiger charge is -2.22. The van der Waals surface area contributed by atoms with Gasteiger partial charge in [0.15, 0.2) is 15.6 Å². The minimum absolute atomic E-state index is 0.0782. The maximum atomic E-state index is 14.2. The molecule has 0 saturated heterocycles. The first-order chi connectivity index (χ1) is 18.1. The summed E-state index contributed by atoms with van der Waals surface area (Å²) in [6.45, 7) is 3.48. The Kier molecular flexibility index (Phi) is 7.89. The number of methoxy groups -OCH3 is 3. The molecule has 200 valence electrons. The number of ether oxygens (including phenoxy) is 3. The van der Waals surface area contributed by atoms with Crippen LogP contribution in [0, 0.1) is 6.92 Å². The van der Waals surface area contributed by atoms with Crippen LogP contribution < -0.4 is 19.5 Å². The van der Waals surface area contributed by atoms with Crippen LogP contribution in [0.1, 0.15) is 34.5 Å². The van der Waals surface area contributed by atoms with Crippen molar-refractivity contribution in [2.75, 3.05) is 32.4 Å². The quantitative estimate of drug-likeness (QED) is 0.231. The van der Waals surface area contributed by atoms with Crippen molar-refractivity contribution in [3.63, 3.8) is 0 Å². The second-order valence-corrected chi connectivity index (χ2v) is 11.4. The van der Waals surface area contributed by atoms with Crippen molar-refractivity contribution in [1.29, 1.82) is 0 Å². The summed E-state index contributed by atoms with van der Waals surface area (Å²) in [6.07, 6.45) is 1.65. The van der Waals surface area contributed by atoms with Crippen molar-refractivity contribution in [2.24, 2.45) is 0 Å². The van der Waals surface area contributed by atoms with Crippen molar-refractivity contribution < 1.29 is 27.4 Å². The molecule has 1 unspecified atom stereocenters. The molecule has 0 aliphatic rings.